The average Bonchev–Trinajstić information content (AvgIpc) is 3.46. The SMILES string of the molecule is CC(C)C(=O)C1=C(O)C(=O)N(c2ccc(-c3ccsc3)cc2)C1c1ccccc1OCCN(C)C. The molecular weight excluding hydrogens is 460 g/mol. The Balaban J connectivity index is 1.79. The van der Waals surface area contributed by atoms with Crippen molar-refractivity contribution in [3.63, 3.8) is 0 Å². The summed E-state index contributed by atoms with van der Waals surface area (Å²) in [4.78, 5) is 30.1. The van der Waals surface area contributed by atoms with Gasteiger partial charge in [0.05, 0.1) is 11.6 Å². The highest BCUT2D eigenvalue weighted by Gasteiger charge is 2.45. The van der Waals surface area contributed by atoms with Gasteiger partial charge in [-0.2, -0.15) is 11.3 Å². The first kappa shape index (κ1) is 24.7. The number of thiophene rings is 1. The van der Waals surface area contributed by atoms with Gasteiger partial charge in [-0.15, -0.1) is 0 Å². The van der Waals surface area contributed by atoms with E-state index in [1.165, 1.54) is 4.90 Å². The van der Waals surface area contributed by atoms with Crippen LogP contribution < -0.4 is 9.64 Å². The van der Waals surface area contributed by atoms with E-state index in [0.29, 0.717) is 30.2 Å². The van der Waals surface area contributed by atoms with E-state index in [1.54, 1.807) is 25.2 Å². The number of para-hydroxylation sites is 1. The van der Waals surface area contributed by atoms with E-state index in [2.05, 4.69) is 5.38 Å². The van der Waals surface area contributed by atoms with Crippen LogP contribution in [0.5, 0.6) is 5.75 Å². The van der Waals surface area contributed by atoms with Crippen LogP contribution in [-0.4, -0.2) is 48.9 Å². The summed E-state index contributed by atoms with van der Waals surface area (Å²) in [6.45, 7) is 4.69. The van der Waals surface area contributed by atoms with Gasteiger partial charge in [-0.3, -0.25) is 14.5 Å². The Hall–Kier alpha value is -3.42. The number of hydrogen-bond acceptors (Lipinski definition) is 6. The van der Waals surface area contributed by atoms with Crippen LogP contribution in [0, 0.1) is 5.92 Å². The number of ketones is 1. The predicted molar refractivity (Wildman–Crippen MR) is 140 cm³/mol. The summed E-state index contributed by atoms with van der Waals surface area (Å²) >= 11 is 1.62. The molecule has 1 aromatic heterocycles. The zero-order valence-electron chi connectivity index (χ0n) is 20.4. The van der Waals surface area contributed by atoms with Gasteiger partial charge >= 0.3 is 0 Å². The fourth-order valence-corrected chi connectivity index (χ4v) is 4.81. The fraction of sp³-hybridized carbons (Fsp3) is 0.286. The Labute approximate surface area is 210 Å². The van der Waals surface area contributed by atoms with E-state index in [9.17, 15) is 14.7 Å². The summed E-state index contributed by atoms with van der Waals surface area (Å²) in [6.07, 6.45) is 0. The molecular formula is C28H30N2O4S. The average molecular weight is 491 g/mol. The lowest BCUT2D eigenvalue weighted by Gasteiger charge is -2.29. The molecule has 0 saturated carbocycles. The fourth-order valence-electron chi connectivity index (χ4n) is 4.15. The molecule has 0 radical (unpaired) electrons. The molecule has 0 fully saturated rings. The minimum Gasteiger partial charge on any atom is -0.503 e. The number of likely N-dealkylation sites (N-methyl/N-ethyl adjacent to an activating group) is 1. The second-order valence-electron chi connectivity index (χ2n) is 9.11. The topological polar surface area (TPSA) is 70.1 Å². The number of amides is 1. The van der Waals surface area contributed by atoms with Gasteiger partial charge in [0.25, 0.3) is 5.91 Å². The molecule has 4 rings (SSSR count). The number of carbonyl (C=O) groups excluding carboxylic acids is 2. The van der Waals surface area contributed by atoms with Crippen molar-refractivity contribution < 1.29 is 19.4 Å². The minimum absolute atomic E-state index is 0.107. The minimum atomic E-state index is -0.792. The molecule has 182 valence electrons. The molecule has 1 amide bonds. The van der Waals surface area contributed by atoms with Crippen LogP contribution in [0.25, 0.3) is 11.1 Å². The first-order valence-electron chi connectivity index (χ1n) is 11.6. The van der Waals surface area contributed by atoms with E-state index in [-0.39, 0.29) is 17.3 Å². The lowest BCUT2D eigenvalue weighted by Crippen LogP contribution is -2.32. The van der Waals surface area contributed by atoms with Crippen LogP contribution in [0.3, 0.4) is 0 Å². The molecule has 1 atom stereocenters. The lowest BCUT2D eigenvalue weighted by molar-refractivity contribution is -0.119. The maximum absolute atomic E-state index is 13.4. The van der Waals surface area contributed by atoms with Crippen molar-refractivity contribution in [2.45, 2.75) is 19.9 Å². The molecule has 0 bridgehead atoms. The molecule has 1 aliphatic rings. The van der Waals surface area contributed by atoms with Gasteiger partial charge in [-0.1, -0.05) is 44.2 Å². The summed E-state index contributed by atoms with van der Waals surface area (Å²) in [5, 5.41) is 15.0. The number of Topliss-reactive ketones (excluding diaryl/α,β-unsaturated/α-hetero) is 1. The van der Waals surface area contributed by atoms with Gasteiger partial charge in [0.15, 0.2) is 11.5 Å². The predicted octanol–water partition coefficient (Wildman–Crippen LogP) is 5.48. The second-order valence-corrected chi connectivity index (χ2v) is 9.89. The van der Waals surface area contributed by atoms with E-state index in [4.69, 9.17) is 4.74 Å². The Morgan fingerprint density at radius 1 is 1.09 bits per heavy atom. The molecule has 1 aliphatic heterocycles. The van der Waals surface area contributed by atoms with Crippen LogP contribution in [0.15, 0.2) is 76.7 Å². The highest BCUT2D eigenvalue weighted by Crippen LogP contribution is 2.45. The Bertz CT molecular complexity index is 1230. The number of nitrogens with zero attached hydrogens (tertiary/aromatic N) is 2. The van der Waals surface area contributed by atoms with Crippen molar-refractivity contribution in [3.8, 4) is 16.9 Å². The molecule has 1 N–H and O–H groups in total. The smallest absolute Gasteiger partial charge is 0.294 e. The zero-order chi connectivity index (χ0) is 25.1. The van der Waals surface area contributed by atoms with Crippen molar-refractivity contribution >= 4 is 28.7 Å². The second kappa shape index (κ2) is 10.5. The van der Waals surface area contributed by atoms with Crippen LogP contribution in [0.1, 0.15) is 25.5 Å². The van der Waals surface area contributed by atoms with E-state index >= 15 is 0 Å². The third-order valence-corrected chi connectivity index (χ3v) is 6.69. The molecule has 7 heteroatoms. The van der Waals surface area contributed by atoms with Gasteiger partial charge < -0.3 is 14.7 Å². The van der Waals surface area contributed by atoms with Crippen LogP contribution in [0.4, 0.5) is 5.69 Å². The molecule has 35 heavy (non-hydrogen) atoms. The molecule has 6 nitrogen and oxygen atoms in total. The number of aliphatic hydroxyl groups is 1. The van der Waals surface area contributed by atoms with Gasteiger partial charge in [0.1, 0.15) is 12.4 Å². The molecule has 2 aromatic carbocycles. The standard InChI is InChI=1S/C28H30N2O4S/c1-18(2)26(31)24-25(22-7-5-6-8-23(22)34-15-14-29(3)4)30(28(33)27(24)32)21-11-9-19(10-12-21)20-13-16-35-17-20/h5-13,16-18,25,32H,14-15H2,1-4H3. The maximum atomic E-state index is 13.4. The third-order valence-electron chi connectivity index (χ3n) is 6.01. The number of rotatable bonds is 9. The Morgan fingerprint density at radius 3 is 2.43 bits per heavy atom. The molecule has 0 saturated heterocycles. The largest absolute Gasteiger partial charge is 0.503 e. The van der Waals surface area contributed by atoms with E-state index in [1.807, 2.05) is 79.0 Å². The number of hydrogen-bond donors (Lipinski definition) is 1. The van der Waals surface area contributed by atoms with E-state index in [0.717, 1.165) is 11.1 Å². The van der Waals surface area contributed by atoms with Gasteiger partial charge in [-0.25, -0.2) is 0 Å². The summed E-state index contributed by atoms with van der Waals surface area (Å²) in [7, 11) is 3.93. The Morgan fingerprint density at radius 2 is 1.80 bits per heavy atom. The van der Waals surface area contributed by atoms with Gasteiger partial charge in [0.2, 0.25) is 0 Å². The summed E-state index contributed by atoms with van der Waals surface area (Å²) in [5.41, 5.74) is 3.49. The maximum Gasteiger partial charge on any atom is 0.294 e. The number of aliphatic hydroxyl groups excluding tert-OH is 1. The highest BCUT2D eigenvalue weighted by molar-refractivity contribution is 7.08. The number of benzene rings is 2. The highest BCUT2D eigenvalue weighted by atomic mass is 32.1. The third kappa shape index (κ3) is 5.01. The molecule has 0 spiro atoms. The summed E-state index contributed by atoms with van der Waals surface area (Å²) in [5.74, 6) is -1.16. The van der Waals surface area contributed by atoms with Gasteiger partial charge in [0, 0.05) is 23.7 Å². The molecule has 2 heterocycles. The summed E-state index contributed by atoms with van der Waals surface area (Å²) < 4.78 is 6.08. The van der Waals surface area contributed by atoms with Crippen LogP contribution >= 0.6 is 11.3 Å². The first-order valence-corrected chi connectivity index (χ1v) is 12.5. The number of ether oxygens (including phenoxy) is 1. The number of carbonyl (C=O) groups is 2. The Kier molecular flexibility index (Phi) is 7.38. The monoisotopic (exact) mass is 490 g/mol. The summed E-state index contributed by atoms with van der Waals surface area (Å²) in [6, 6.07) is 16.2. The van der Waals surface area contributed by atoms with Crippen molar-refractivity contribution in [2.75, 3.05) is 32.1 Å². The quantitative estimate of drug-likeness (QED) is 0.430. The first-order chi connectivity index (χ1) is 16.8. The van der Waals surface area contributed by atoms with Gasteiger partial charge in [-0.05, 0) is 60.2 Å². The number of anilines is 1. The van der Waals surface area contributed by atoms with Crippen molar-refractivity contribution in [3.05, 3.63) is 82.3 Å². The van der Waals surface area contributed by atoms with Crippen molar-refractivity contribution in [1.29, 1.82) is 0 Å². The molecule has 0 aliphatic carbocycles. The van der Waals surface area contributed by atoms with Crippen LogP contribution in [0.2, 0.25) is 0 Å². The molecule has 1 unspecified atom stereocenters. The van der Waals surface area contributed by atoms with E-state index < -0.39 is 17.7 Å². The molecule has 3 aromatic rings. The zero-order valence-corrected chi connectivity index (χ0v) is 21.2. The van der Waals surface area contributed by atoms with Crippen molar-refractivity contribution in [1.82, 2.24) is 4.90 Å². The lowest BCUT2D eigenvalue weighted by atomic mass is 9.90. The van der Waals surface area contributed by atoms with Crippen molar-refractivity contribution in [2.24, 2.45) is 5.92 Å². The normalized spacial score (nSPS) is 16.0. The van der Waals surface area contributed by atoms with Crippen LogP contribution in [-0.2, 0) is 9.59 Å².